The molecule has 2 aromatic rings. The van der Waals surface area contributed by atoms with Crippen LogP contribution >= 0.6 is 0 Å². The van der Waals surface area contributed by atoms with Crippen LogP contribution in [0.15, 0.2) is 59.5 Å². The van der Waals surface area contributed by atoms with E-state index in [4.69, 9.17) is 0 Å². The van der Waals surface area contributed by atoms with Crippen molar-refractivity contribution in [1.29, 1.82) is 0 Å². The number of rotatable bonds is 5. The van der Waals surface area contributed by atoms with Gasteiger partial charge in [-0.15, -0.1) is 0 Å². The highest BCUT2D eigenvalue weighted by atomic mass is 32.2. The van der Waals surface area contributed by atoms with Crippen LogP contribution in [0, 0.1) is 17.7 Å². The third-order valence-electron chi connectivity index (χ3n) is 6.42. The van der Waals surface area contributed by atoms with Crippen molar-refractivity contribution in [3.05, 3.63) is 66.0 Å². The van der Waals surface area contributed by atoms with Crippen LogP contribution in [0.25, 0.3) is 0 Å². The molecule has 1 amide bonds. The topological polar surface area (TPSA) is 74.8 Å². The molecule has 8 heteroatoms. The smallest absolute Gasteiger partial charge is 0.243 e. The maximum absolute atomic E-state index is 13.2. The summed E-state index contributed by atoms with van der Waals surface area (Å²) >= 11 is 0. The second-order valence-electron chi connectivity index (χ2n) is 8.49. The van der Waals surface area contributed by atoms with Crippen molar-refractivity contribution in [1.82, 2.24) is 9.21 Å². The van der Waals surface area contributed by atoms with Gasteiger partial charge in [-0.2, -0.15) is 4.31 Å². The molecule has 170 valence electrons. The third kappa shape index (κ3) is 4.76. The first-order chi connectivity index (χ1) is 15.4. The Labute approximate surface area is 188 Å². The van der Waals surface area contributed by atoms with Crippen molar-refractivity contribution in [2.24, 2.45) is 11.8 Å². The molecule has 2 aliphatic heterocycles. The molecule has 2 aliphatic rings. The minimum absolute atomic E-state index is 0.0345. The summed E-state index contributed by atoms with van der Waals surface area (Å²) in [6, 6.07) is 14.0. The van der Waals surface area contributed by atoms with Gasteiger partial charge in [-0.3, -0.25) is 9.59 Å². The van der Waals surface area contributed by atoms with Crippen molar-refractivity contribution >= 4 is 21.7 Å². The molecule has 4 rings (SSSR count). The Morgan fingerprint density at radius 3 is 2.16 bits per heavy atom. The summed E-state index contributed by atoms with van der Waals surface area (Å²) in [6.45, 7) is 1.48. The van der Waals surface area contributed by atoms with E-state index < -0.39 is 21.8 Å². The number of hydrogen-bond acceptors (Lipinski definition) is 4. The van der Waals surface area contributed by atoms with Crippen molar-refractivity contribution < 1.29 is 22.4 Å². The molecule has 0 spiro atoms. The summed E-state index contributed by atoms with van der Waals surface area (Å²) < 4.78 is 40.4. The number of sulfonamides is 1. The minimum Gasteiger partial charge on any atom is -0.342 e. The lowest BCUT2D eigenvalue weighted by molar-refractivity contribution is -0.138. The molecule has 2 fully saturated rings. The van der Waals surface area contributed by atoms with Gasteiger partial charge in [0.05, 0.1) is 10.8 Å². The van der Waals surface area contributed by atoms with E-state index in [2.05, 4.69) is 0 Å². The van der Waals surface area contributed by atoms with E-state index >= 15 is 0 Å². The van der Waals surface area contributed by atoms with Crippen molar-refractivity contribution in [2.45, 2.75) is 30.6 Å². The maximum Gasteiger partial charge on any atom is 0.243 e. The number of likely N-dealkylation sites (tertiary alicyclic amines) is 1. The number of carbonyl (C=O) groups excluding carboxylic acids is 2. The van der Waals surface area contributed by atoms with E-state index in [1.165, 1.54) is 16.4 Å². The van der Waals surface area contributed by atoms with Crippen molar-refractivity contribution in [2.75, 3.05) is 26.2 Å². The van der Waals surface area contributed by atoms with E-state index in [1.807, 2.05) is 30.3 Å². The fourth-order valence-corrected chi connectivity index (χ4v) is 6.10. The van der Waals surface area contributed by atoms with Crippen LogP contribution in [0.3, 0.4) is 0 Å². The van der Waals surface area contributed by atoms with Gasteiger partial charge in [0.2, 0.25) is 15.9 Å². The molecular weight excluding hydrogens is 431 g/mol. The van der Waals surface area contributed by atoms with E-state index in [0.29, 0.717) is 50.9 Å². The summed E-state index contributed by atoms with van der Waals surface area (Å²) in [4.78, 5) is 27.6. The fraction of sp³-hybridized carbons (Fsp3) is 0.417. The predicted molar refractivity (Wildman–Crippen MR) is 118 cm³/mol. The van der Waals surface area contributed by atoms with Crippen LogP contribution in [-0.4, -0.2) is 55.5 Å². The molecule has 6 nitrogen and oxygen atoms in total. The van der Waals surface area contributed by atoms with Crippen LogP contribution in [-0.2, 0) is 14.8 Å². The van der Waals surface area contributed by atoms with Gasteiger partial charge in [-0.25, -0.2) is 12.8 Å². The first-order valence-corrected chi connectivity index (χ1v) is 12.4. The molecule has 0 saturated carbocycles. The number of benzene rings is 2. The Hall–Kier alpha value is -2.58. The molecule has 0 bridgehead atoms. The highest BCUT2D eigenvalue weighted by Gasteiger charge is 2.36. The highest BCUT2D eigenvalue weighted by molar-refractivity contribution is 7.89. The average Bonchev–Trinajstić information content (AvgIpc) is 2.84. The van der Waals surface area contributed by atoms with Gasteiger partial charge in [-0.1, -0.05) is 30.3 Å². The van der Waals surface area contributed by atoms with E-state index in [9.17, 15) is 22.4 Å². The van der Waals surface area contributed by atoms with E-state index in [0.717, 1.165) is 12.1 Å². The molecular formula is C24H27FN2O4S. The Bertz CT molecular complexity index is 1060. The van der Waals surface area contributed by atoms with Gasteiger partial charge in [0.1, 0.15) is 5.82 Å². The Kier molecular flexibility index (Phi) is 6.71. The number of Topliss-reactive ketones (excluding diaryl/α,β-unsaturated/α-hetero) is 1. The van der Waals surface area contributed by atoms with Crippen molar-refractivity contribution in [3.63, 3.8) is 0 Å². The largest absolute Gasteiger partial charge is 0.342 e. The fourth-order valence-electron chi connectivity index (χ4n) is 4.58. The van der Waals surface area contributed by atoms with E-state index in [-0.39, 0.29) is 29.0 Å². The number of amides is 1. The number of hydrogen-bond donors (Lipinski definition) is 0. The Morgan fingerprint density at radius 2 is 1.50 bits per heavy atom. The maximum atomic E-state index is 13.2. The van der Waals surface area contributed by atoms with Crippen LogP contribution < -0.4 is 0 Å². The van der Waals surface area contributed by atoms with Crippen LogP contribution in [0.2, 0.25) is 0 Å². The second kappa shape index (κ2) is 9.50. The highest BCUT2D eigenvalue weighted by Crippen LogP contribution is 2.28. The number of carbonyl (C=O) groups is 2. The lowest BCUT2D eigenvalue weighted by Gasteiger charge is -2.37. The quantitative estimate of drug-likeness (QED) is 0.644. The summed E-state index contributed by atoms with van der Waals surface area (Å²) in [5.41, 5.74) is 0.700. The van der Waals surface area contributed by atoms with Gasteiger partial charge >= 0.3 is 0 Å². The average molecular weight is 459 g/mol. The summed E-state index contributed by atoms with van der Waals surface area (Å²) in [6.07, 6.45) is 2.46. The summed E-state index contributed by atoms with van der Waals surface area (Å²) in [7, 11) is -3.78. The zero-order valence-electron chi connectivity index (χ0n) is 17.8. The van der Waals surface area contributed by atoms with E-state index in [1.54, 1.807) is 4.90 Å². The zero-order valence-corrected chi connectivity index (χ0v) is 18.6. The van der Waals surface area contributed by atoms with Crippen molar-refractivity contribution in [3.8, 4) is 0 Å². The number of halogens is 1. The molecule has 0 aliphatic carbocycles. The Balaban J connectivity index is 1.37. The van der Waals surface area contributed by atoms with Gasteiger partial charge in [0, 0.05) is 37.7 Å². The summed E-state index contributed by atoms with van der Waals surface area (Å²) in [5.74, 6) is -0.921. The van der Waals surface area contributed by atoms with Crippen LogP contribution in [0.4, 0.5) is 4.39 Å². The second-order valence-corrected chi connectivity index (χ2v) is 10.4. The molecule has 0 N–H and O–H groups in total. The molecule has 2 saturated heterocycles. The lowest BCUT2D eigenvalue weighted by atomic mass is 9.88. The molecule has 1 atom stereocenters. The Morgan fingerprint density at radius 1 is 0.844 bits per heavy atom. The van der Waals surface area contributed by atoms with Crippen LogP contribution in [0.5, 0.6) is 0 Å². The SMILES string of the molecule is O=C(c1ccccc1)C1CCN(C(=O)C2CCCN(S(=O)(=O)c3ccc(F)cc3)C2)CC1. The molecule has 1 unspecified atom stereocenters. The molecule has 32 heavy (non-hydrogen) atoms. The lowest BCUT2D eigenvalue weighted by Crippen LogP contribution is -2.49. The summed E-state index contributed by atoms with van der Waals surface area (Å²) in [5, 5.41) is 0. The zero-order chi connectivity index (χ0) is 22.7. The normalized spacial score (nSPS) is 20.8. The number of ketones is 1. The van der Waals surface area contributed by atoms with Gasteiger partial charge in [-0.05, 0) is 49.9 Å². The standard InChI is InChI=1S/C24H27FN2O4S/c25-21-8-10-22(11-9-21)32(30,31)27-14-4-7-20(17-27)24(29)26-15-12-19(13-16-26)23(28)18-5-2-1-3-6-18/h1-3,5-6,8-11,19-20H,4,7,12-17H2. The van der Waals surface area contributed by atoms with Crippen LogP contribution in [0.1, 0.15) is 36.0 Å². The number of piperidine rings is 2. The van der Waals surface area contributed by atoms with Gasteiger partial charge in [0.15, 0.2) is 5.78 Å². The third-order valence-corrected chi connectivity index (χ3v) is 8.30. The number of nitrogens with zero attached hydrogens (tertiary/aromatic N) is 2. The van der Waals surface area contributed by atoms with Gasteiger partial charge < -0.3 is 4.90 Å². The molecule has 0 radical (unpaired) electrons. The molecule has 0 aromatic heterocycles. The van der Waals surface area contributed by atoms with Gasteiger partial charge in [0.25, 0.3) is 0 Å². The first kappa shape index (κ1) is 22.6. The monoisotopic (exact) mass is 458 g/mol. The molecule has 2 aromatic carbocycles. The molecule has 2 heterocycles. The minimum atomic E-state index is -3.78. The predicted octanol–water partition coefficient (Wildman–Crippen LogP) is 3.35. The first-order valence-electron chi connectivity index (χ1n) is 11.0.